The van der Waals surface area contributed by atoms with Gasteiger partial charge in [0.25, 0.3) is 0 Å². The molecule has 0 radical (unpaired) electrons. The monoisotopic (exact) mass is 162 g/mol. The molecule has 0 spiro atoms. The third-order valence-electron chi connectivity index (χ3n) is 0.696. The summed E-state index contributed by atoms with van der Waals surface area (Å²) in [6, 6.07) is -0.0463. The molecule has 1 fully saturated rings. The molecule has 6 N–H and O–H groups in total. The number of thiocarbonyl (C=S) groups is 1. The van der Waals surface area contributed by atoms with Crippen LogP contribution < -0.4 is 22.1 Å². The molecule has 0 aromatic heterocycles. The van der Waals surface area contributed by atoms with E-state index >= 15 is 0 Å². The highest BCUT2D eigenvalue weighted by Crippen LogP contribution is 1.69. The fourth-order valence-corrected chi connectivity index (χ4v) is 0.415. The van der Waals surface area contributed by atoms with Crippen molar-refractivity contribution in [3.63, 3.8) is 0 Å². The fourth-order valence-electron chi connectivity index (χ4n) is 0.415. The Balaban J connectivity index is 0.000000180. The quantitative estimate of drug-likeness (QED) is 0.326. The first-order valence-electron chi connectivity index (χ1n) is 2.69. The summed E-state index contributed by atoms with van der Waals surface area (Å²) in [6.45, 7) is 1.55. The fraction of sp³-hybridized carbons (Fsp3) is 0.500. The van der Waals surface area contributed by atoms with E-state index in [0.717, 1.165) is 13.1 Å². The molecular weight excluding hydrogens is 152 g/mol. The van der Waals surface area contributed by atoms with Crippen molar-refractivity contribution >= 4 is 23.4 Å². The first kappa shape index (κ1) is 8.96. The lowest BCUT2D eigenvalue weighted by Gasteiger charge is -1.80. The van der Waals surface area contributed by atoms with Crippen molar-refractivity contribution in [3.8, 4) is 0 Å². The highest BCUT2D eigenvalue weighted by Gasteiger charge is 2.02. The van der Waals surface area contributed by atoms with Crippen LogP contribution in [0.15, 0.2) is 0 Å². The predicted octanol–water partition coefficient (Wildman–Crippen LogP) is -1.51. The average molecular weight is 162 g/mol. The van der Waals surface area contributed by atoms with Crippen LogP contribution >= 0.6 is 12.2 Å². The van der Waals surface area contributed by atoms with Gasteiger partial charge in [-0.15, -0.1) is 0 Å². The molecule has 0 saturated carbocycles. The Morgan fingerprint density at radius 3 is 1.80 bits per heavy atom. The Bertz CT molecular complexity index is 125. The second kappa shape index (κ2) is 4.80. The van der Waals surface area contributed by atoms with Gasteiger partial charge in [-0.3, -0.25) is 0 Å². The van der Waals surface area contributed by atoms with E-state index < -0.39 is 0 Å². The number of nitrogens with two attached hydrogens (primary N) is 2. The number of hydrogen-bond donors (Lipinski definition) is 4. The van der Waals surface area contributed by atoms with Gasteiger partial charge in [0.15, 0.2) is 5.11 Å². The Labute approximate surface area is 64.1 Å². The van der Waals surface area contributed by atoms with Crippen LogP contribution in [0.4, 0.5) is 4.79 Å². The van der Waals surface area contributed by atoms with Crippen LogP contribution in [0, 0.1) is 0 Å². The smallest absolute Gasteiger partial charge is 0.314 e. The van der Waals surface area contributed by atoms with Gasteiger partial charge < -0.3 is 22.1 Å². The minimum Gasteiger partial charge on any atom is -0.377 e. The Hall–Kier alpha value is -1.04. The van der Waals surface area contributed by atoms with E-state index in [1.807, 2.05) is 0 Å². The van der Waals surface area contributed by atoms with E-state index in [1.54, 1.807) is 0 Å². The summed E-state index contributed by atoms with van der Waals surface area (Å²) in [4.78, 5) is 10.0. The molecule has 1 saturated heterocycles. The summed E-state index contributed by atoms with van der Waals surface area (Å²) in [5.74, 6) is 0. The third-order valence-corrected chi connectivity index (χ3v) is 0.696. The van der Waals surface area contributed by atoms with Crippen LogP contribution in [0.25, 0.3) is 0 Å². The molecule has 0 aromatic rings. The summed E-state index contributed by atoms with van der Waals surface area (Å²) in [5, 5.41) is 5.14. The van der Waals surface area contributed by atoms with Gasteiger partial charge in [-0.25, -0.2) is 4.79 Å². The van der Waals surface area contributed by atoms with E-state index in [2.05, 4.69) is 34.3 Å². The van der Waals surface area contributed by atoms with Crippen molar-refractivity contribution in [3.05, 3.63) is 0 Å². The lowest BCUT2D eigenvalue weighted by atomic mass is 10.7. The van der Waals surface area contributed by atoms with Crippen LogP contribution in [-0.2, 0) is 0 Å². The molecule has 0 aliphatic carbocycles. The van der Waals surface area contributed by atoms with E-state index in [4.69, 9.17) is 0 Å². The zero-order valence-corrected chi connectivity index (χ0v) is 6.20. The van der Waals surface area contributed by atoms with Crippen molar-refractivity contribution in [2.75, 3.05) is 13.1 Å². The molecule has 0 atom stereocenters. The van der Waals surface area contributed by atoms with Gasteiger partial charge in [0, 0.05) is 13.1 Å². The number of urea groups is 1. The normalized spacial score (nSPS) is 14.2. The molecule has 5 nitrogen and oxygen atoms in total. The minimum atomic E-state index is -0.0463. The molecule has 6 heteroatoms. The minimum absolute atomic E-state index is 0.000000000000000222. The molecule has 2 amide bonds. The van der Waals surface area contributed by atoms with Gasteiger partial charge in [0.1, 0.15) is 0 Å². The maximum absolute atomic E-state index is 10.0. The lowest BCUT2D eigenvalue weighted by molar-refractivity contribution is 0.248. The molecule has 1 aliphatic rings. The molecular formula is C4H10N4OS. The van der Waals surface area contributed by atoms with Gasteiger partial charge in [0.05, 0.1) is 0 Å². The van der Waals surface area contributed by atoms with Gasteiger partial charge in [0.2, 0.25) is 0 Å². The van der Waals surface area contributed by atoms with Gasteiger partial charge in [-0.1, -0.05) is 0 Å². The van der Waals surface area contributed by atoms with E-state index in [9.17, 15) is 4.79 Å². The topological polar surface area (TPSA) is 93.2 Å². The molecule has 0 unspecified atom stereocenters. The summed E-state index contributed by atoms with van der Waals surface area (Å²) >= 11 is 4.09. The standard InChI is InChI=1S/C3H6N2O.CH4N2S/c6-3-4-1-2-5-3;2-1(3)4/h1-2H2,(H2,4,5,6);(H4,2,3,4). The third kappa shape index (κ3) is 6.96. The lowest BCUT2D eigenvalue weighted by Crippen LogP contribution is -2.20. The molecule has 1 rings (SSSR count). The number of amides is 2. The number of hydrogen-bond acceptors (Lipinski definition) is 2. The summed E-state index contributed by atoms with van der Waals surface area (Å²) in [5.41, 5.74) is 9.24. The molecule has 58 valence electrons. The second-order valence-electron chi connectivity index (χ2n) is 1.59. The second-order valence-corrected chi connectivity index (χ2v) is 2.06. The van der Waals surface area contributed by atoms with Crippen LogP contribution in [-0.4, -0.2) is 24.2 Å². The largest absolute Gasteiger partial charge is 0.377 e. The first-order chi connectivity index (χ1) is 4.63. The molecule has 0 bridgehead atoms. The van der Waals surface area contributed by atoms with Gasteiger partial charge in [-0.05, 0) is 12.2 Å². The Kier molecular flexibility index (Phi) is 4.30. The maximum Gasteiger partial charge on any atom is 0.314 e. The van der Waals surface area contributed by atoms with Crippen molar-refractivity contribution in [2.24, 2.45) is 11.5 Å². The zero-order valence-electron chi connectivity index (χ0n) is 5.39. The van der Waals surface area contributed by atoms with Crippen molar-refractivity contribution in [1.29, 1.82) is 0 Å². The average Bonchev–Trinajstić information content (AvgIpc) is 2.15. The molecule has 10 heavy (non-hydrogen) atoms. The van der Waals surface area contributed by atoms with Crippen LogP contribution in [0.5, 0.6) is 0 Å². The Morgan fingerprint density at radius 1 is 1.40 bits per heavy atom. The van der Waals surface area contributed by atoms with E-state index in [0.29, 0.717) is 0 Å². The zero-order chi connectivity index (χ0) is 7.98. The van der Waals surface area contributed by atoms with Gasteiger partial charge in [-0.2, -0.15) is 0 Å². The summed E-state index contributed by atoms with van der Waals surface area (Å²) in [6.07, 6.45) is 0. The summed E-state index contributed by atoms with van der Waals surface area (Å²) in [7, 11) is 0. The highest BCUT2D eigenvalue weighted by molar-refractivity contribution is 7.80. The van der Waals surface area contributed by atoms with E-state index in [1.165, 1.54) is 0 Å². The summed E-state index contributed by atoms with van der Waals surface area (Å²) < 4.78 is 0. The maximum atomic E-state index is 10.0. The first-order valence-corrected chi connectivity index (χ1v) is 3.10. The number of carbonyl (C=O) groups excluding carboxylic acids is 1. The Morgan fingerprint density at radius 2 is 1.70 bits per heavy atom. The highest BCUT2D eigenvalue weighted by atomic mass is 32.1. The number of nitrogens with one attached hydrogen (secondary N) is 2. The SMILES string of the molecule is NC(N)=S.O=C1NCCN1. The predicted molar refractivity (Wildman–Crippen MR) is 42.4 cm³/mol. The van der Waals surface area contributed by atoms with Crippen molar-refractivity contribution < 1.29 is 4.79 Å². The number of carbonyl (C=O) groups is 1. The number of rotatable bonds is 0. The van der Waals surface area contributed by atoms with Crippen LogP contribution in [0.2, 0.25) is 0 Å². The molecule has 1 heterocycles. The molecule has 1 aliphatic heterocycles. The van der Waals surface area contributed by atoms with Crippen LogP contribution in [0.1, 0.15) is 0 Å². The molecule has 0 aromatic carbocycles. The van der Waals surface area contributed by atoms with Gasteiger partial charge >= 0.3 is 6.03 Å². The van der Waals surface area contributed by atoms with E-state index in [-0.39, 0.29) is 11.1 Å². The van der Waals surface area contributed by atoms with Crippen molar-refractivity contribution in [2.45, 2.75) is 0 Å². The van der Waals surface area contributed by atoms with Crippen LogP contribution in [0.3, 0.4) is 0 Å². The van der Waals surface area contributed by atoms with Crippen molar-refractivity contribution in [1.82, 2.24) is 10.6 Å².